The van der Waals surface area contributed by atoms with Gasteiger partial charge in [0, 0.05) is 17.5 Å². The lowest BCUT2D eigenvalue weighted by Gasteiger charge is -2.25. The molecule has 3 rings (SSSR count). The second-order valence-corrected chi connectivity index (χ2v) is 6.08. The maximum Gasteiger partial charge on any atom is 0.204 e. The van der Waals surface area contributed by atoms with Gasteiger partial charge in [-0.1, -0.05) is 6.07 Å². The topological polar surface area (TPSA) is 50.3 Å². The highest BCUT2D eigenvalue weighted by atomic mass is 32.1. The van der Waals surface area contributed by atoms with Gasteiger partial charge in [-0.15, -0.1) is 11.3 Å². The van der Waals surface area contributed by atoms with Crippen molar-refractivity contribution in [2.45, 2.75) is 32.4 Å². The highest BCUT2D eigenvalue weighted by Gasteiger charge is 2.32. The van der Waals surface area contributed by atoms with E-state index in [9.17, 15) is 0 Å². The molecule has 0 unspecified atom stereocenters. The Bertz CT molecular complexity index is 583. The third-order valence-electron chi connectivity index (χ3n) is 3.50. The molecule has 1 aliphatic rings. The van der Waals surface area contributed by atoms with Crippen molar-refractivity contribution in [2.75, 3.05) is 23.9 Å². The number of nitrogens with one attached hydrogen (secondary N) is 1. The molecule has 0 amide bonds. The van der Waals surface area contributed by atoms with E-state index in [4.69, 9.17) is 4.74 Å². The molecule has 1 saturated carbocycles. The monoisotopic (exact) mass is 304 g/mol. The van der Waals surface area contributed by atoms with Crippen molar-refractivity contribution in [3.8, 4) is 5.75 Å². The van der Waals surface area contributed by atoms with Gasteiger partial charge in [0.2, 0.25) is 5.75 Å². The van der Waals surface area contributed by atoms with E-state index in [1.807, 2.05) is 6.92 Å². The molecule has 0 bridgehead atoms. The van der Waals surface area contributed by atoms with Gasteiger partial charge in [-0.05, 0) is 31.2 Å². The predicted octanol–water partition coefficient (Wildman–Crippen LogP) is 3.15. The van der Waals surface area contributed by atoms with E-state index < -0.39 is 0 Å². The Morgan fingerprint density at radius 3 is 2.90 bits per heavy atom. The number of rotatable bonds is 7. The van der Waals surface area contributed by atoms with Crippen LogP contribution in [-0.2, 0) is 6.54 Å². The summed E-state index contributed by atoms with van der Waals surface area (Å²) in [5.41, 5.74) is 0. The van der Waals surface area contributed by atoms with E-state index in [1.54, 1.807) is 24.8 Å². The number of methoxy groups -OCH3 is 1. The second-order valence-electron chi connectivity index (χ2n) is 5.05. The average Bonchev–Trinajstić information content (AvgIpc) is 3.21. The number of ether oxygens (including phenoxy) is 1. The number of thiophene rings is 1. The van der Waals surface area contributed by atoms with Gasteiger partial charge in [-0.2, -0.15) is 0 Å². The van der Waals surface area contributed by atoms with Crippen molar-refractivity contribution >= 4 is 23.0 Å². The molecule has 0 aliphatic heterocycles. The Morgan fingerprint density at radius 2 is 2.29 bits per heavy atom. The molecular weight excluding hydrogens is 284 g/mol. The first-order chi connectivity index (χ1) is 10.3. The van der Waals surface area contributed by atoms with Gasteiger partial charge in [0.05, 0.1) is 13.7 Å². The molecule has 1 N–H and O–H groups in total. The zero-order valence-electron chi connectivity index (χ0n) is 12.4. The van der Waals surface area contributed by atoms with Crippen LogP contribution in [0, 0.1) is 0 Å². The highest BCUT2D eigenvalue weighted by Crippen LogP contribution is 2.39. The molecule has 1 fully saturated rings. The van der Waals surface area contributed by atoms with Gasteiger partial charge in [-0.25, -0.2) is 9.97 Å². The van der Waals surface area contributed by atoms with Crippen LogP contribution < -0.4 is 15.0 Å². The summed E-state index contributed by atoms with van der Waals surface area (Å²) >= 11 is 1.78. The van der Waals surface area contributed by atoms with Crippen molar-refractivity contribution in [1.29, 1.82) is 0 Å². The summed E-state index contributed by atoms with van der Waals surface area (Å²) in [6.07, 6.45) is 4.05. The fourth-order valence-electron chi connectivity index (χ4n) is 2.38. The van der Waals surface area contributed by atoms with Crippen LogP contribution in [0.4, 0.5) is 11.6 Å². The molecule has 5 nitrogen and oxygen atoms in total. The lowest BCUT2D eigenvalue weighted by molar-refractivity contribution is 0.411. The molecule has 0 aromatic carbocycles. The van der Waals surface area contributed by atoms with Crippen LogP contribution in [0.1, 0.15) is 24.6 Å². The quantitative estimate of drug-likeness (QED) is 0.851. The first-order valence-electron chi connectivity index (χ1n) is 7.25. The van der Waals surface area contributed by atoms with E-state index >= 15 is 0 Å². The van der Waals surface area contributed by atoms with Gasteiger partial charge in [0.1, 0.15) is 6.33 Å². The van der Waals surface area contributed by atoms with Crippen molar-refractivity contribution in [3.05, 3.63) is 28.7 Å². The minimum absolute atomic E-state index is 0.561. The lowest BCUT2D eigenvalue weighted by Crippen LogP contribution is -2.26. The molecule has 21 heavy (non-hydrogen) atoms. The normalized spacial score (nSPS) is 14.0. The number of nitrogens with zero attached hydrogens (tertiary/aromatic N) is 3. The Hall–Kier alpha value is -1.82. The van der Waals surface area contributed by atoms with Crippen molar-refractivity contribution < 1.29 is 4.74 Å². The molecule has 0 atom stereocenters. The number of aromatic nitrogens is 2. The summed E-state index contributed by atoms with van der Waals surface area (Å²) in [4.78, 5) is 12.5. The molecule has 0 spiro atoms. The van der Waals surface area contributed by atoms with E-state index in [1.165, 1.54) is 17.7 Å². The Balaban J connectivity index is 1.93. The second kappa shape index (κ2) is 6.30. The number of hydrogen-bond acceptors (Lipinski definition) is 6. The summed E-state index contributed by atoms with van der Waals surface area (Å²) < 4.78 is 5.58. The van der Waals surface area contributed by atoms with Crippen molar-refractivity contribution in [2.24, 2.45) is 0 Å². The van der Waals surface area contributed by atoms with Crippen LogP contribution in [0.25, 0.3) is 0 Å². The van der Waals surface area contributed by atoms with E-state index in [0.29, 0.717) is 6.04 Å². The Labute approximate surface area is 129 Å². The van der Waals surface area contributed by atoms with Gasteiger partial charge >= 0.3 is 0 Å². The predicted molar refractivity (Wildman–Crippen MR) is 86.3 cm³/mol. The van der Waals surface area contributed by atoms with Crippen LogP contribution >= 0.6 is 11.3 Å². The molecule has 2 aromatic rings. The number of anilines is 2. The summed E-state index contributed by atoms with van der Waals surface area (Å²) in [7, 11) is 1.68. The van der Waals surface area contributed by atoms with Crippen molar-refractivity contribution in [1.82, 2.24) is 9.97 Å². The molecular formula is C15H20N4OS. The summed E-state index contributed by atoms with van der Waals surface area (Å²) in [5, 5.41) is 5.35. The van der Waals surface area contributed by atoms with E-state index in [2.05, 4.69) is 37.7 Å². The summed E-state index contributed by atoms with van der Waals surface area (Å²) in [6, 6.07) is 4.82. The smallest absolute Gasteiger partial charge is 0.204 e. The lowest BCUT2D eigenvalue weighted by atomic mass is 10.3. The number of hydrogen-bond donors (Lipinski definition) is 1. The molecule has 0 radical (unpaired) electrons. The molecule has 112 valence electrons. The fourth-order valence-corrected chi connectivity index (χ4v) is 3.09. The third kappa shape index (κ3) is 3.10. The zero-order valence-corrected chi connectivity index (χ0v) is 13.2. The summed E-state index contributed by atoms with van der Waals surface area (Å²) in [6.45, 7) is 3.73. The molecule has 2 heterocycles. The van der Waals surface area contributed by atoms with Gasteiger partial charge in [0.15, 0.2) is 11.6 Å². The Morgan fingerprint density at radius 1 is 1.43 bits per heavy atom. The minimum Gasteiger partial charge on any atom is -0.490 e. The molecule has 2 aromatic heterocycles. The average molecular weight is 304 g/mol. The van der Waals surface area contributed by atoms with Crippen LogP contribution in [0.5, 0.6) is 5.75 Å². The van der Waals surface area contributed by atoms with Crippen LogP contribution in [0.2, 0.25) is 0 Å². The van der Waals surface area contributed by atoms with E-state index in [-0.39, 0.29) is 0 Å². The van der Waals surface area contributed by atoms with Gasteiger partial charge in [-0.3, -0.25) is 0 Å². The molecule has 6 heteroatoms. The third-order valence-corrected chi connectivity index (χ3v) is 4.36. The Kier molecular flexibility index (Phi) is 4.24. The fraction of sp³-hybridized carbons (Fsp3) is 0.467. The first kappa shape index (κ1) is 14.1. The highest BCUT2D eigenvalue weighted by molar-refractivity contribution is 7.09. The standard InChI is InChI=1S/C15H20N4OS/c1-3-16-14-13(20-2)15(18-10-17-14)19(11-6-7-11)9-12-5-4-8-21-12/h4-5,8,10-11H,3,6-7,9H2,1-2H3,(H,16,17,18). The maximum atomic E-state index is 5.58. The van der Waals surface area contributed by atoms with Crippen LogP contribution in [-0.4, -0.2) is 29.7 Å². The molecule has 1 aliphatic carbocycles. The maximum absolute atomic E-state index is 5.58. The van der Waals surface area contributed by atoms with E-state index in [0.717, 1.165) is 30.5 Å². The SMILES string of the molecule is CCNc1ncnc(N(Cc2cccs2)C2CC2)c1OC. The molecule has 0 saturated heterocycles. The summed E-state index contributed by atoms with van der Waals surface area (Å²) in [5.74, 6) is 2.39. The van der Waals surface area contributed by atoms with Crippen LogP contribution in [0.15, 0.2) is 23.8 Å². The first-order valence-corrected chi connectivity index (χ1v) is 8.13. The minimum atomic E-state index is 0.561. The van der Waals surface area contributed by atoms with Crippen LogP contribution in [0.3, 0.4) is 0 Å². The van der Waals surface area contributed by atoms with Crippen molar-refractivity contribution in [3.63, 3.8) is 0 Å². The van der Waals surface area contributed by atoms with Gasteiger partial charge < -0.3 is 15.0 Å². The largest absolute Gasteiger partial charge is 0.490 e. The zero-order chi connectivity index (χ0) is 14.7. The van der Waals surface area contributed by atoms with Gasteiger partial charge in [0.25, 0.3) is 0 Å².